The first-order chi connectivity index (χ1) is 15.3. The number of carbonyl (C=O) groups excluding carboxylic acids is 1. The number of carbonyl (C=O) groups is 1. The van der Waals surface area contributed by atoms with Crippen molar-refractivity contribution in [3.63, 3.8) is 0 Å². The van der Waals surface area contributed by atoms with Crippen LogP contribution in [0.1, 0.15) is 43.1 Å². The zero-order valence-electron chi connectivity index (χ0n) is 17.6. The van der Waals surface area contributed by atoms with Crippen LogP contribution in [-0.4, -0.2) is 20.5 Å². The van der Waals surface area contributed by atoms with Gasteiger partial charge >= 0.3 is 6.18 Å². The van der Waals surface area contributed by atoms with Crippen molar-refractivity contribution in [3.05, 3.63) is 83.1 Å². The van der Waals surface area contributed by atoms with E-state index in [1.54, 1.807) is 13.3 Å². The van der Waals surface area contributed by atoms with Gasteiger partial charge in [0.2, 0.25) is 0 Å². The molecular weight excluding hydrogens is 417 g/mol. The van der Waals surface area contributed by atoms with Gasteiger partial charge in [-0.1, -0.05) is 36.4 Å². The number of hydrogen-bond donors (Lipinski definition) is 1. The lowest BCUT2D eigenvalue weighted by Gasteiger charge is -2.11. The lowest BCUT2D eigenvalue weighted by Crippen LogP contribution is -2.18. The van der Waals surface area contributed by atoms with Crippen molar-refractivity contribution in [2.24, 2.45) is 0 Å². The first-order valence-corrected chi connectivity index (χ1v) is 10.4. The molecule has 1 heterocycles. The zero-order valence-corrected chi connectivity index (χ0v) is 17.6. The van der Waals surface area contributed by atoms with E-state index in [1.807, 2.05) is 28.8 Å². The monoisotopic (exact) mass is 440 g/mol. The van der Waals surface area contributed by atoms with Crippen molar-refractivity contribution in [1.29, 1.82) is 0 Å². The summed E-state index contributed by atoms with van der Waals surface area (Å²) in [6.45, 7) is 2.64. The van der Waals surface area contributed by atoms with Gasteiger partial charge in [0.25, 0.3) is 0 Å². The second-order valence-corrected chi connectivity index (χ2v) is 7.87. The molecule has 0 radical (unpaired) electrons. The fourth-order valence-corrected chi connectivity index (χ4v) is 3.91. The number of ketones is 1. The number of nitrogens with zero attached hydrogens (tertiary/aromatic N) is 3. The molecule has 1 aliphatic rings. The average molecular weight is 440 g/mol. The first-order valence-electron chi connectivity index (χ1n) is 10.4. The van der Waals surface area contributed by atoms with Gasteiger partial charge < -0.3 is 9.88 Å². The summed E-state index contributed by atoms with van der Waals surface area (Å²) in [5.41, 5.74) is 3.80. The number of alkyl halides is 3. The molecule has 0 saturated carbocycles. The molecule has 2 aromatic carbocycles. The van der Waals surface area contributed by atoms with Gasteiger partial charge in [0.1, 0.15) is 6.33 Å². The number of hydrogen-bond acceptors (Lipinski definition) is 4. The van der Waals surface area contributed by atoms with Crippen LogP contribution >= 0.6 is 0 Å². The highest BCUT2D eigenvalue weighted by molar-refractivity contribution is 5.94. The molecule has 0 saturated heterocycles. The molecule has 32 heavy (non-hydrogen) atoms. The zero-order chi connectivity index (χ0) is 22.7. The lowest BCUT2D eigenvalue weighted by molar-refractivity contribution is -0.137. The minimum absolute atomic E-state index is 0.111. The molecule has 4 rings (SSSR count). The maximum atomic E-state index is 12.8. The van der Waals surface area contributed by atoms with Crippen molar-refractivity contribution in [3.8, 4) is 11.1 Å². The Balaban J connectivity index is 1.42. The SMILES string of the molecule is CC(=O)C1=C(NCc2nncn2Cc2ccc(-c3ccc(C(F)(F)F)cc3)cc2)CCC1. The highest BCUT2D eigenvalue weighted by Crippen LogP contribution is 2.31. The third-order valence-corrected chi connectivity index (χ3v) is 5.65. The van der Waals surface area contributed by atoms with Crippen LogP contribution in [0.3, 0.4) is 0 Å². The summed E-state index contributed by atoms with van der Waals surface area (Å²) in [6, 6.07) is 12.8. The molecule has 0 atom stereocenters. The number of Topliss-reactive ketones (excluding diaryl/α,β-unsaturated/α-hetero) is 1. The number of benzene rings is 2. The normalized spacial score (nSPS) is 14.1. The van der Waals surface area contributed by atoms with Crippen LogP contribution in [0.25, 0.3) is 11.1 Å². The molecule has 0 unspecified atom stereocenters. The standard InChI is InChI=1S/C24H23F3N4O/c1-16(32)21-3-2-4-22(21)28-13-23-30-29-15-31(23)14-17-5-7-18(8-6-17)19-9-11-20(12-10-19)24(25,26)27/h5-12,15,28H,2-4,13-14H2,1H3. The van der Waals surface area contributed by atoms with Gasteiger partial charge in [0.05, 0.1) is 18.7 Å². The Morgan fingerprint density at radius 2 is 1.69 bits per heavy atom. The maximum absolute atomic E-state index is 12.8. The number of allylic oxidation sites excluding steroid dienone is 2. The molecule has 166 valence electrons. The van der Waals surface area contributed by atoms with Crippen molar-refractivity contribution in [1.82, 2.24) is 20.1 Å². The van der Waals surface area contributed by atoms with Gasteiger partial charge in [0.15, 0.2) is 11.6 Å². The Morgan fingerprint density at radius 1 is 1.03 bits per heavy atom. The van der Waals surface area contributed by atoms with E-state index in [1.165, 1.54) is 12.1 Å². The van der Waals surface area contributed by atoms with Crippen LogP contribution < -0.4 is 5.32 Å². The van der Waals surface area contributed by atoms with E-state index in [9.17, 15) is 18.0 Å². The summed E-state index contributed by atoms with van der Waals surface area (Å²) < 4.78 is 40.2. The summed E-state index contributed by atoms with van der Waals surface area (Å²) in [4.78, 5) is 11.7. The van der Waals surface area contributed by atoms with Gasteiger partial charge in [-0.15, -0.1) is 10.2 Å². The molecular formula is C24H23F3N4O. The van der Waals surface area contributed by atoms with Crippen LogP contribution in [0.2, 0.25) is 0 Å². The predicted molar refractivity (Wildman–Crippen MR) is 114 cm³/mol. The lowest BCUT2D eigenvalue weighted by atomic mass is 10.0. The Morgan fingerprint density at radius 3 is 2.31 bits per heavy atom. The van der Waals surface area contributed by atoms with Gasteiger partial charge in [-0.25, -0.2) is 0 Å². The maximum Gasteiger partial charge on any atom is 0.416 e. The van der Waals surface area contributed by atoms with E-state index in [2.05, 4.69) is 15.5 Å². The van der Waals surface area contributed by atoms with Crippen LogP contribution in [0.4, 0.5) is 13.2 Å². The summed E-state index contributed by atoms with van der Waals surface area (Å²) in [5.74, 6) is 0.874. The molecule has 0 amide bonds. The van der Waals surface area contributed by atoms with Gasteiger partial charge in [-0.05, 0) is 55.0 Å². The second kappa shape index (κ2) is 8.98. The molecule has 1 aliphatic carbocycles. The Hall–Kier alpha value is -3.42. The quantitative estimate of drug-likeness (QED) is 0.554. The Labute approximate surface area is 184 Å². The van der Waals surface area contributed by atoms with E-state index in [-0.39, 0.29) is 5.78 Å². The minimum atomic E-state index is -4.34. The molecule has 8 heteroatoms. The van der Waals surface area contributed by atoms with Crippen LogP contribution in [-0.2, 0) is 24.1 Å². The fraction of sp³-hybridized carbons (Fsp3) is 0.292. The number of rotatable bonds is 7. The average Bonchev–Trinajstić information content (AvgIpc) is 3.41. The molecule has 0 aliphatic heterocycles. The highest BCUT2D eigenvalue weighted by Gasteiger charge is 2.29. The van der Waals surface area contributed by atoms with Crippen molar-refractivity contribution in [2.45, 2.75) is 45.5 Å². The van der Waals surface area contributed by atoms with Crippen molar-refractivity contribution in [2.75, 3.05) is 0 Å². The van der Waals surface area contributed by atoms with E-state index in [0.29, 0.717) is 13.1 Å². The van der Waals surface area contributed by atoms with Gasteiger partial charge in [-0.2, -0.15) is 13.2 Å². The number of nitrogens with one attached hydrogen (secondary N) is 1. The number of halogens is 3. The van der Waals surface area contributed by atoms with E-state index < -0.39 is 11.7 Å². The first kappa shape index (κ1) is 21.8. The highest BCUT2D eigenvalue weighted by atomic mass is 19.4. The third kappa shape index (κ3) is 4.90. The van der Waals surface area contributed by atoms with Crippen LogP contribution in [0.15, 0.2) is 66.1 Å². The van der Waals surface area contributed by atoms with Crippen molar-refractivity contribution >= 4 is 5.78 Å². The largest absolute Gasteiger partial charge is 0.416 e. The Bertz CT molecular complexity index is 1130. The predicted octanol–water partition coefficient (Wildman–Crippen LogP) is 5.13. The van der Waals surface area contributed by atoms with Gasteiger partial charge in [0, 0.05) is 11.3 Å². The van der Waals surface area contributed by atoms with Crippen molar-refractivity contribution < 1.29 is 18.0 Å². The smallest absolute Gasteiger partial charge is 0.381 e. The molecule has 0 spiro atoms. The van der Waals surface area contributed by atoms with E-state index in [0.717, 1.165) is 65.2 Å². The Kier molecular flexibility index (Phi) is 6.12. The number of aromatic nitrogens is 3. The topological polar surface area (TPSA) is 59.8 Å². The summed E-state index contributed by atoms with van der Waals surface area (Å²) in [7, 11) is 0. The summed E-state index contributed by atoms with van der Waals surface area (Å²) >= 11 is 0. The van der Waals surface area contributed by atoms with Crippen LogP contribution in [0.5, 0.6) is 0 Å². The molecule has 1 N–H and O–H groups in total. The summed E-state index contributed by atoms with van der Waals surface area (Å²) in [5, 5.41) is 11.5. The fourth-order valence-electron chi connectivity index (χ4n) is 3.91. The second-order valence-electron chi connectivity index (χ2n) is 7.87. The summed E-state index contributed by atoms with van der Waals surface area (Å²) in [6.07, 6.45) is -0.00918. The minimum Gasteiger partial charge on any atom is -0.381 e. The molecule has 1 aromatic heterocycles. The third-order valence-electron chi connectivity index (χ3n) is 5.65. The van der Waals surface area contributed by atoms with Crippen LogP contribution in [0, 0.1) is 0 Å². The molecule has 0 fully saturated rings. The molecule has 3 aromatic rings. The van der Waals surface area contributed by atoms with Gasteiger partial charge in [-0.3, -0.25) is 4.79 Å². The molecule has 5 nitrogen and oxygen atoms in total. The van der Waals surface area contributed by atoms with E-state index in [4.69, 9.17) is 0 Å². The molecule has 0 bridgehead atoms. The van der Waals surface area contributed by atoms with E-state index >= 15 is 0 Å².